The SMILES string of the molecule is CCOc1ccc(S(=O)(=O)NCCC[NH+]2CCCCC2)cc1OCC. The van der Waals surface area contributed by atoms with Crippen molar-refractivity contribution in [2.75, 3.05) is 39.4 Å². The van der Waals surface area contributed by atoms with Crippen LogP contribution in [0.3, 0.4) is 0 Å². The van der Waals surface area contributed by atoms with E-state index in [9.17, 15) is 8.42 Å². The molecule has 0 aliphatic carbocycles. The van der Waals surface area contributed by atoms with E-state index >= 15 is 0 Å². The third-order valence-electron chi connectivity index (χ3n) is 4.39. The van der Waals surface area contributed by atoms with Gasteiger partial charge in [0, 0.05) is 19.0 Å². The van der Waals surface area contributed by atoms with Crippen LogP contribution in [0.1, 0.15) is 39.5 Å². The minimum absolute atomic E-state index is 0.213. The second kappa shape index (κ2) is 9.99. The Morgan fingerprint density at radius 2 is 1.72 bits per heavy atom. The second-order valence-corrected chi connectivity index (χ2v) is 8.05. The van der Waals surface area contributed by atoms with Gasteiger partial charge in [-0.1, -0.05) is 0 Å². The highest BCUT2D eigenvalue weighted by molar-refractivity contribution is 7.89. The maximum atomic E-state index is 12.5. The fraction of sp³-hybridized carbons (Fsp3) is 0.667. The lowest BCUT2D eigenvalue weighted by Gasteiger charge is -2.23. The standard InChI is InChI=1S/C18H30N2O4S/c1-3-23-17-10-9-16(15-18(17)24-4-2)25(21,22)19-11-8-14-20-12-6-5-7-13-20/h9-10,15,19H,3-8,11-14H2,1-2H3/p+1. The first-order valence-corrected chi connectivity index (χ1v) is 10.8. The number of ether oxygens (including phenoxy) is 2. The molecule has 0 radical (unpaired) electrons. The Kier molecular flexibility index (Phi) is 7.99. The molecular weight excluding hydrogens is 340 g/mol. The predicted octanol–water partition coefficient (Wildman–Crippen LogP) is 1.22. The van der Waals surface area contributed by atoms with Crippen LogP contribution in [-0.4, -0.2) is 47.8 Å². The predicted molar refractivity (Wildman–Crippen MR) is 98.0 cm³/mol. The van der Waals surface area contributed by atoms with Crippen molar-refractivity contribution < 1.29 is 22.8 Å². The molecule has 1 saturated heterocycles. The summed E-state index contributed by atoms with van der Waals surface area (Å²) in [6.07, 6.45) is 4.75. The molecule has 0 saturated carbocycles. The molecule has 0 spiro atoms. The maximum absolute atomic E-state index is 12.5. The Balaban J connectivity index is 1.92. The smallest absolute Gasteiger partial charge is 0.240 e. The topological polar surface area (TPSA) is 69.1 Å². The van der Waals surface area contributed by atoms with Crippen molar-refractivity contribution in [2.24, 2.45) is 0 Å². The molecule has 1 heterocycles. The van der Waals surface area contributed by atoms with Gasteiger partial charge in [0.1, 0.15) is 0 Å². The summed E-state index contributed by atoms with van der Waals surface area (Å²) in [6.45, 7) is 8.61. The summed E-state index contributed by atoms with van der Waals surface area (Å²) >= 11 is 0. The van der Waals surface area contributed by atoms with Gasteiger partial charge in [-0.25, -0.2) is 13.1 Å². The Bertz CT molecular complexity index is 628. The average Bonchev–Trinajstić information content (AvgIpc) is 2.61. The Labute approximate surface area is 151 Å². The van der Waals surface area contributed by atoms with E-state index in [1.807, 2.05) is 13.8 Å². The summed E-state index contributed by atoms with van der Waals surface area (Å²) in [4.78, 5) is 1.80. The number of hydrogen-bond donors (Lipinski definition) is 2. The fourth-order valence-corrected chi connectivity index (χ4v) is 4.22. The second-order valence-electron chi connectivity index (χ2n) is 6.29. The lowest BCUT2D eigenvalue weighted by molar-refractivity contribution is -0.904. The van der Waals surface area contributed by atoms with Crippen molar-refractivity contribution >= 4 is 10.0 Å². The third-order valence-corrected chi connectivity index (χ3v) is 5.84. The summed E-state index contributed by atoms with van der Waals surface area (Å²) in [5.41, 5.74) is 0. The number of nitrogens with one attached hydrogen (secondary N) is 2. The van der Waals surface area contributed by atoms with Gasteiger partial charge in [0.05, 0.1) is 37.7 Å². The largest absolute Gasteiger partial charge is 0.490 e. The van der Waals surface area contributed by atoms with E-state index in [0.29, 0.717) is 31.3 Å². The molecular formula is C18H31N2O4S+. The molecule has 0 unspecified atom stereocenters. The first kappa shape index (κ1) is 20.0. The van der Waals surface area contributed by atoms with Crippen LogP contribution in [0.15, 0.2) is 23.1 Å². The van der Waals surface area contributed by atoms with Gasteiger partial charge in [-0.3, -0.25) is 0 Å². The molecule has 0 aromatic heterocycles. The first-order chi connectivity index (χ1) is 12.1. The van der Waals surface area contributed by atoms with Crippen molar-refractivity contribution in [2.45, 2.75) is 44.4 Å². The van der Waals surface area contributed by atoms with Crippen molar-refractivity contribution in [3.63, 3.8) is 0 Å². The van der Waals surface area contributed by atoms with Crippen LogP contribution in [0.5, 0.6) is 11.5 Å². The molecule has 0 bridgehead atoms. The number of benzene rings is 1. The van der Waals surface area contributed by atoms with Gasteiger partial charge in [0.2, 0.25) is 10.0 Å². The van der Waals surface area contributed by atoms with E-state index in [0.717, 1.165) is 13.0 Å². The average molecular weight is 372 g/mol. The molecule has 1 fully saturated rings. The van der Waals surface area contributed by atoms with Gasteiger partial charge in [-0.15, -0.1) is 0 Å². The van der Waals surface area contributed by atoms with E-state index in [-0.39, 0.29) is 4.90 Å². The van der Waals surface area contributed by atoms with Gasteiger partial charge in [-0.05, 0) is 45.2 Å². The summed E-state index contributed by atoms with van der Waals surface area (Å²) in [6, 6.07) is 4.75. The zero-order chi connectivity index (χ0) is 18.1. The quantitative estimate of drug-likeness (QED) is 0.607. The number of hydrogen-bond acceptors (Lipinski definition) is 4. The van der Waals surface area contributed by atoms with Gasteiger partial charge in [0.25, 0.3) is 0 Å². The maximum Gasteiger partial charge on any atom is 0.240 e. The summed E-state index contributed by atoms with van der Waals surface area (Å²) in [5, 5.41) is 0. The molecule has 7 heteroatoms. The Hall–Kier alpha value is -1.31. The van der Waals surface area contributed by atoms with Crippen LogP contribution in [0.2, 0.25) is 0 Å². The Morgan fingerprint density at radius 3 is 2.40 bits per heavy atom. The lowest BCUT2D eigenvalue weighted by atomic mass is 10.1. The minimum atomic E-state index is -3.53. The highest BCUT2D eigenvalue weighted by Crippen LogP contribution is 2.30. The molecule has 1 aliphatic rings. The van der Waals surface area contributed by atoms with E-state index in [1.165, 1.54) is 38.4 Å². The van der Waals surface area contributed by atoms with Gasteiger partial charge in [0.15, 0.2) is 11.5 Å². The number of likely N-dealkylation sites (tertiary alicyclic amines) is 1. The number of piperidine rings is 1. The van der Waals surface area contributed by atoms with Crippen LogP contribution in [0.25, 0.3) is 0 Å². The van der Waals surface area contributed by atoms with Crippen LogP contribution in [-0.2, 0) is 10.0 Å². The molecule has 25 heavy (non-hydrogen) atoms. The monoisotopic (exact) mass is 371 g/mol. The first-order valence-electron chi connectivity index (χ1n) is 9.29. The zero-order valence-electron chi connectivity index (χ0n) is 15.3. The van der Waals surface area contributed by atoms with Crippen LogP contribution in [0, 0.1) is 0 Å². The molecule has 1 aromatic rings. The fourth-order valence-electron chi connectivity index (χ4n) is 3.13. The van der Waals surface area contributed by atoms with Gasteiger partial charge >= 0.3 is 0 Å². The molecule has 142 valence electrons. The highest BCUT2D eigenvalue weighted by Gasteiger charge is 2.18. The van der Waals surface area contributed by atoms with Crippen LogP contribution in [0.4, 0.5) is 0 Å². The zero-order valence-corrected chi connectivity index (χ0v) is 16.2. The summed E-state index contributed by atoms with van der Waals surface area (Å²) in [7, 11) is -3.53. The van der Waals surface area contributed by atoms with Crippen LogP contribution < -0.4 is 19.1 Å². The van der Waals surface area contributed by atoms with E-state index in [2.05, 4.69) is 4.72 Å². The molecule has 6 nitrogen and oxygen atoms in total. The van der Waals surface area contributed by atoms with Gasteiger partial charge < -0.3 is 14.4 Å². The van der Waals surface area contributed by atoms with Crippen LogP contribution >= 0.6 is 0 Å². The van der Waals surface area contributed by atoms with Crippen molar-refractivity contribution in [1.29, 1.82) is 0 Å². The molecule has 0 atom stereocenters. The minimum Gasteiger partial charge on any atom is -0.490 e. The molecule has 1 aliphatic heterocycles. The molecule has 0 amide bonds. The summed E-state index contributed by atoms with van der Waals surface area (Å²) in [5.74, 6) is 1.03. The highest BCUT2D eigenvalue weighted by atomic mass is 32.2. The number of quaternary nitrogens is 1. The van der Waals surface area contributed by atoms with E-state index in [4.69, 9.17) is 9.47 Å². The van der Waals surface area contributed by atoms with E-state index in [1.54, 1.807) is 17.0 Å². The normalized spacial score (nSPS) is 15.9. The van der Waals surface area contributed by atoms with Crippen molar-refractivity contribution in [1.82, 2.24) is 4.72 Å². The van der Waals surface area contributed by atoms with Gasteiger partial charge in [-0.2, -0.15) is 0 Å². The third kappa shape index (κ3) is 6.17. The number of rotatable bonds is 10. The van der Waals surface area contributed by atoms with Crippen molar-refractivity contribution in [3.8, 4) is 11.5 Å². The molecule has 2 rings (SSSR count). The molecule has 1 aromatic carbocycles. The van der Waals surface area contributed by atoms with Crippen molar-refractivity contribution in [3.05, 3.63) is 18.2 Å². The summed E-state index contributed by atoms with van der Waals surface area (Å²) < 4.78 is 38.7. The Morgan fingerprint density at radius 1 is 1.04 bits per heavy atom. The lowest BCUT2D eigenvalue weighted by Crippen LogP contribution is -3.12. The van der Waals surface area contributed by atoms with E-state index < -0.39 is 10.0 Å². The molecule has 2 N–H and O–H groups in total. The number of sulfonamides is 1.